The summed E-state index contributed by atoms with van der Waals surface area (Å²) in [6.45, 7) is 5.96. The van der Waals surface area contributed by atoms with Crippen molar-refractivity contribution in [3.05, 3.63) is 35.4 Å². The molecule has 24 heavy (non-hydrogen) atoms. The third-order valence-electron chi connectivity index (χ3n) is 4.91. The van der Waals surface area contributed by atoms with Gasteiger partial charge in [-0.2, -0.15) is 0 Å². The highest BCUT2D eigenvalue weighted by Crippen LogP contribution is 2.32. The van der Waals surface area contributed by atoms with Gasteiger partial charge in [-0.25, -0.2) is 4.79 Å². The Hall–Kier alpha value is -1.59. The van der Waals surface area contributed by atoms with Gasteiger partial charge in [0.1, 0.15) is 0 Å². The molecule has 1 aromatic rings. The number of hydrogen-bond donors (Lipinski definition) is 2. The first kappa shape index (κ1) is 17.2. The van der Waals surface area contributed by atoms with Crippen LogP contribution >= 0.6 is 0 Å². The highest BCUT2D eigenvalue weighted by molar-refractivity contribution is 5.67. The Bertz CT molecular complexity index is 567. The number of piperidine rings is 1. The van der Waals surface area contributed by atoms with Crippen molar-refractivity contribution < 1.29 is 14.6 Å². The van der Waals surface area contributed by atoms with E-state index in [1.807, 2.05) is 26.0 Å². The average Bonchev–Trinajstić information content (AvgIpc) is 2.89. The lowest BCUT2D eigenvalue weighted by atomic mass is 10.0. The van der Waals surface area contributed by atoms with Gasteiger partial charge in [-0.05, 0) is 29.9 Å². The molecule has 1 amide bonds. The minimum Gasteiger partial charge on any atom is -0.449 e. The fourth-order valence-corrected chi connectivity index (χ4v) is 3.59. The Labute approximate surface area is 144 Å². The first-order valence-corrected chi connectivity index (χ1v) is 8.98. The molecule has 0 spiro atoms. The normalized spacial score (nSPS) is 24.2. The molecule has 3 rings (SSSR count). The molecule has 0 radical (unpaired) electrons. The van der Waals surface area contributed by atoms with Gasteiger partial charge >= 0.3 is 6.09 Å². The van der Waals surface area contributed by atoms with Gasteiger partial charge in [0, 0.05) is 25.6 Å². The molecular weight excluding hydrogens is 304 g/mol. The summed E-state index contributed by atoms with van der Waals surface area (Å²) in [7, 11) is 0. The van der Waals surface area contributed by atoms with Crippen molar-refractivity contribution in [2.75, 3.05) is 19.7 Å². The van der Waals surface area contributed by atoms with Crippen LogP contribution in [0.5, 0.6) is 0 Å². The van der Waals surface area contributed by atoms with Crippen molar-refractivity contribution in [2.24, 2.45) is 5.92 Å². The maximum absolute atomic E-state index is 12.0. The number of carbonyl (C=O) groups is 1. The topological polar surface area (TPSA) is 61.8 Å². The van der Waals surface area contributed by atoms with Crippen LogP contribution in [0.2, 0.25) is 0 Å². The monoisotopic (exact) mass is 332 g/mol. The fraction of sp³-hybridized carbons (Fsp3) is 0.632. The maximum atomic E-state index is 12.0. The first-order valence-electron chi connectivity index (χ1n) is 8.98. The summed E-state index contributed by atoms with van der Waals surface area (Å²) in [5, 5.41) is 14.0. The minimum absolute atomic E-state index is 0.00522. The van der Waals surface area contributed by atoms with Crippen molar-refractivity contribution in [1.29, 1.82) is 0 Å². The largest absolute Gasteiger partial charge is 0.449 e. The second kappa shape index (κ2) is 7.53. The van der Waals surface area contributed by atoms with Crippen LogP contribution < -0.4 is 5.32 Å². The van der Waals surface area contributed by atoms with E-state index in [2.05, 4.69) is 17.4 Å². The molecule has 1 heterocycles. The van der Waals surface area contributed by atoms with E-state index in [4.69, 9.17) is 4.74 Å². The Balaban J connectivity index is 1.50. The molecule has 2 atom stereocenters. The maximum Gasteiger partial charge on any atom is 0.409 e. The van der Waals surface area contributed by atoms with Crippen LogP contribution in [0.1, 0.15) is 43.9 Å². The third-order valence-corrected chi connectivity index (χ3v) is 4.91. The molecule has 0 bridgehead atoms. The molecule has 2 aliphatic rings. The first-order chi connectivity index (χ1) is 11.5. The molecule has 1 fully saturated rings. The molecule has 0 unspecified atom stereocenters. The van der Waals surface area contributed by atoms with E-state index in [1.54, 1.807) is 4.90 Å². The molecule has 5 heteroatoms. The summed E-state index contributed by atoms with van der Waals surface area (Å²) in [5.74, 6) is 0.358. The lowest BCUT2D eigenvalue weighted by Gasteiger charge is -2.34. The predicted molar refractivity (Wildman–Crippen MR) is 92.8 cm³/mol. The molecule has 1 aliphatic carbocycles. The van der Waals surface area contributed by atoms with E-state index in [1.165, 1.54) is 11.1 Å². The van der Waals surface area contributed by atoms with E-state index >= 15 is 0 Å². The van der Waals surface area contributed by atoms with Gasteiger partial charge in [-0.1, -0.05) is 38.1 Å². The smallest absolute Gasteiger partial charge is 0.409 e. The lowest BCUT2D eigenvalue weighted by molar-refractivity contribution is 0.0770. The number of ether oxygens (including phenoxy) is 1. The number of amides is 1. The summed E-state index contributed by atoms with van der Waals surface area (Å²) in [5.41, 5.74) is 2.45. The average molecular weight is 332 g/mol. The molecule has 1 aromatic carbocycles. The Morgan fingerprint density at radius 1 is 1.33 bits per heavy atom. The summed E-state index contributed by atoms with van der Waals surface area (Å²) in [6, 6.07) is 8.57. The van der Waals surface area contributed by atoms with E-state index in [0.29, 0.717) is 38.1 Å². The molecule has 2 N–H and O–H groups in total. The number of nitrogens with zero attached hydrogens (tertiary/aromatic N) is 1. The number of likely N-dealkylation sites (tertiary alicyclic amines) is 1. The van der Waals surface area contributed by atoms with Crippen molar-refractivity contribution >= 4 is 6.09 Å². The van der Waals surface area contributed by atoms with Gasteiger partial charge in [0.2, 0.25) is 0 Å². The molecular formula is C19H28N2O3. The second-order valence-corrected chi connectivity index (χ2v) is 7.35. The van der Waals surface area contributed by atoms with Crippen LogP contribution in [-0.4, -0.2) is 47.9 Å². The van der Waals surface area contributed by atoms with Gasteiger partial charge in [0.15, 0.2) is 0 Å². The van der Waals surface area contributed by atoms with Crippen molar-refractivity contribution in [2.45, 2.75) is 51.3 Å². The molecule has 0 aromatic heterocycles. The third kappa shape index (κ3) is 3.90. The van der Waals surface area contributed by atoms with Crippen molar-refractivity contribution in [3.63, 3.8) is 0 Å². The number of benzene rings is 1. The van der Waals surface area contributed by atoms with Gasteiger partial charge in [0.05, 0.1) is 18.8 Å². The molecule has 1 saturated heterocycles. The standard InChI is InChI=1S/C19H28N2O3/c1-13(2)12-24-19(23)21-9-7-15(8-10-21)20-18-16-6-4-3-5-14(16)11-17(18)22/h3-6,13,15,17-18,20,22H,7-12H2,1-2H3/t17-,18+/m1/s1. The number of rotatable bonds is 4. The van der Waals surface area contributed by atoms with Crippen LogP contribution in [0.3, 0.4) is 0 Å². The lowest BCUT2D eigenvalue weighted by Crippen LogP contribution is -2.47. The van der Waals surface area contributed by atoms with E-state index in [9.17, 15) is 9.90 Å². The molecule has 1 aliphatic heterocycles. The van der Waals surface area contributed by atoms with Crippen LogP contribution in [0.25, 0.3) is 0 Å². The second-order valence-electron chi connectivity index (χ2n) is 7.35. The van der Waals surface area contributed by atoms with Crippen LogP contribution in [0.15, 0.2) is 24.3 Å². The quantitative estimate of drug-likeness (QED) is 0.889. The zero-order valence-electron chi connectivity index (χ0n) is 14.6. The zero-order chi connectivity index (χ0) is 17.1. The molecule has 0 saturated carbocycles. The zero-order valence-corrected chi connectivity index (χ0v) is 14.6. The van der Waals surface area contributed by atoms with Crippen LogP contribution in [-0.2, 0) is 11.2 Å². The number of nitrogens with one attached hydrogen (secondary N) is 1. The predicted octanol–water partition coefficient (Wildman–Crippen LogP) is 2.49. The van der Waals surface area contributed by atoms with Crippen LogP contribution in [0, 0.1) is 5.92 Å². The number of fused-ring (bicyclic) bond motifs is 1. The summed E-state index contributed by atoms with van der Waals surface area (Å²) >= 11 is 0. The number of aliphatic hydroxyl groups excluding tert-OH is 1. The van der Waals surface area contributed by atoms with Crippen LogP contribution in [0.4, 0.5) is 4.79 Å². The molecule has 5 nitrogen and oxygen atoms in total. The summed E-state index contributed by atoms with van der Waals surface area (Å²) in [6.07, 6.45) is 1.93. The van der Waals surface area contributed by atoms with Crippen molar-refractivity contribution in [3.8, 4) is 0 Å². The van der Waals surface area contributed by atoms with E-state index in [-0.39, 0.29) is 18.2 Å². The Kier molecular flexibility index (Phi) is 5.41. The van der Waals surface area contributed by atoms with Crippen molar-refractivity contribution in [1.82, 2.24) is 10.2 Å². The SMILES string of the molecule is CC(C)COC(=O)N1CCC(N[C@H]2c3ccccc3C[C@H]2O)CC1. The minimum atomic E-state index is -0.364. The summed E-state index contributed by atoms with van der Waals surface area (Å²) in [4.78, 5) is 13.8. The van der Waals surface area contributed by atoms with E-state index in [0.717, 1.165) is 12.8 Å². The number of hydrogen-bond acceptors (Lipinski definition) is 4. The Morgan fingerprint density at radius 3 is 2.75 bits per heavy atom. The van der Waals surface area contributed by atoms with Gasteiger partial charge in [-0.15, -0.1) is 0 Å². The van der Waals surface area contributed by atoms with Gasteiger partial charge < -0.3 is 20.1 Å². The summed E-state index contributed by atoms with van der Waals surface area (Å²) < 4.78 is 5.30. The molecule has 132 valence electrons. The highest BCUT2D eigenvalue weighted by Gasteiger charge is 2.33. The fourth-order valence-electron chi connectivity index (χ4n) is 3.59. The highest BCUT2D eigenvalue weighted by atomic mass is 16.6. The number of aliphatic hydroxyl groups is 1. The Morgan fingerprint density at radius 2 is 2.04 bits per heavy atom. The van der Waals surface area contributed by atoms with Gasteiger partial charge in [0.25, 0.3) is 0 Å². The van der Waals surface area contributed by atoms with Gasteiger partial charge in [-0.3, -0.25) is 0 Å². The number of carbonyl (C=O) groups excluding carboxylic acids is 1. The van der Waals surface area contributed by atoms with E-state index < -0.39 is 0 Å².